The van der Waals surface area contributed by atoms with Gasteiger partial charge in [-0.1, -0.05) is 26.5 Å². The van der Waals surface area contributed by atoms with Crippen molar-refractivity contribution in [3.05, 3.63) is 74.5 Å². The SMILES string of the molecule is C=CC1=C(C)C(CC2=N/C(=C3\c4[nH]c(Cc5[nH]c(C=O)c(C)c5CC)c(C)c4C(=O)[C@@H]3C(=O)OC)[C@@H](CCC(=O)O)[C@@H]2C)NC1=O. The summed E-state index contributed by atoms with van der Waals surface area (Å²) < 4.78 is 5.11. The number of H-pyrrole nitrogens is 2. The van der Waals surface area contributed by atoms with E-state index in [0.29, 0.717) is 58.6 Å². The van der Waals surface area contributed by atoms with Gasteiger partial charge >= 0.3 is 11.9 Å². The Hall–Kier alpha value is -4.80. The van der Waals surface area contributed by atoms with Crippen LogP contribution in [0.3, 0.4) is 0 Å². The number of carboxylic acid groups (broad SMARTS) is 1. The first-order chi connectivity index (χ1) is 21.9. The van der Waals surface area contributed by atoms with Crippen LogP contribution in [-0.4, -0.2) is 63.9 Å². The number of aliphatic imine (C=N–C) groups is 1. The van der Waals surface area contributed by atoms with Crippen molar-refractivity contribution in [3.8, 4) is 0 Å². The van der Waals surface area contributed by atoms with Crippen LogP contribution >= 0.6 is 0 Å². The number of nitrogens with zero attached hydrogens (tertiary/aromatic N) is 1. The molecule has 1 amide bonds. The Morgan fingerprint density at radius 1 is 1.11 bits per heavy atom. The molecule has 46 heavy (non-hydrogen) atoms. The molecule has 2 aliphatic heterocycles. The minimum absolute atomic E-state index is 0.127. The predicted octanol–water partition coefficient (Wildman–Crippen LogP) is 4.58. The number of hydrogen-bond acceptors (Lipinski definition) is 7. The number of amides is 1. The third kappa shape index (κ3) is 5.27. The zero-order valence-corrected chi connectivity index (χ0v) is 27.1. The van der Waals surface area contributed by atoms with E-state index >= 15 is 0 Å². The van der Waals surface area contributed by atoms with Gasteiger partial charge in [-0.05, 0) is 55.9 Å². The molecule has 0 bridgehead atoms. The second-order valence-corrected chi connectivity index (χ2v) is 12.3. The molecule has 5 rings (SSSR count). The van der Waals surface area contributed by atoms with E-state index in [2.05, 4.69) is 21.9 Å². The van der Waals surface area contributed by atoms with Crippen LogP contribution in [0.4, 0.5) is 0 Å². The number of fused-ring (bicyclic) bond motifs is 1. The summed E-state index contributed by atoms with van der Waals surface area (Å²) in [4.78, 5) is 74.8. The Bertz CT molecular complexity index is 1780. The van der Waals surface area contributed by atoms with E-state index < -0.39 is 29.6 Å². The Morgan fingerprint density at radius 2 is 1.83 bits per heavy atom. The van der Waals surface area contributed by atoms with E-state index in [1.165, 1.54) is 13.2 Å². The highest BCUT2D eigenvalue weighted by molar-refractivity contribution is 6.24. The highest BCUT2D eigenvalue weighted by atomic mass is 16.5. The molecule has 4 N–H and O–H groups in total. The fourth-order valence-corrected chi connectivity index (χ4v) is 7.36. The number of allylic oxidation sites excluding steroid dienone is 1. The van der Waals surface area contributed by atoms with Gasteiger partial charge < -0.3 is 25.1 Å². The van der Waals surface area contributed by atoms with E-state index in [4.69, 9.17) is 9.73 Å². The second-order valence-electron chi connectivity index (χ2n) is 12.3. The van der Waals surface area contributed by atoms with Crippen molar-refractivity contribution in [2.75, 3.05) is 7.11 Å². The Morgan fingerprint density at radius 3 is 2.41 bits per heavy atom. The Labute approximate surface area is 267 Å². The van der Waals surface area contributed by atoms with Crippen molar-refractivity contribution in [3.63, 3.8) is 0 Å². The molecule has 242 valence electrons. The van der Waals surface area contributed by atoms with Gasteiger partial charge in [0.15, 0.2) is 12.1 Å². The average molecular weight is 629 g/mol. The molecule has 4 atom stereocenters. The summed E-state index contributed by atoms with van der Waals surface area (Å²) in [5.74, 6) is -4.15. The van der Waals surface area contributed by atoms with Gasteiger partial charge in [0.1, 0.15) is 5.92 Å². The molecule has 0 saturated carbocycles. The first kappa shape index (κ1) is 32.6. The maximum Gasteiger partial charge on any atom is 0.321 e. The van der Waals surface area contributed by atoms with Crippen LogP contribution in [0.25, 0.3) is 5.57 Å². The van der Waals surface area contributed by atoms with Gasteiger partial charge in [-0.25, -0.2) is 0 Å². The van der Waals surface area contributed by atoms with Crippen LogP contribution in [0.5, 0.6) is 0 Å². The normalized spacial score (nSPS) is 23.9. The molecule has 0 spiro atoms. The first-order valence-electron chi connectivity index (χ1n) is 15.5. The maximum absolute atomic E-state index is 14.0. The zero-order valence-electron chi connectivity index (χ0n) is 27.1. The number of aromatic amines is 2. The molecule has 0 radical (unpaired) electrons. The number of ketones is 1. The fraction of sp³-hybridized carbons (Fsp3) is 0.429. The molecule has 3 aliphatic rings. The molecule has 2 aromatic heterocycles. The monoisotopic (exact) mass is 628 g/mol. The maximum atomic E-state index is 14.0. The summed E-state index contributed by atoms with van der Waals surface area (Å²) >= 11 is 0. The molecule has 11 heteroatoms. The van der Waals surface area contributed by atoms with Crippen LogP contribution < -0.4 is 5.32 Å². The average Bonchev–Trinajstić information content (AvgIpc) is 3.76. The van der Waals surface area contributed by atoms with E-state index in [0.717, 1.165) is 40.1 Å². The lowest BCUT2D eigenvalue weighted by molar-refractivity contribution is -0.142. The van der Waals surface area contributed by atoms with Crippen molar-refractivity contribution < 1.29 is 33.8 Å². The number of ether oxygens (including phenoxy) is 1. The van der Waals surface area contributed by atoms with Crippen LogP contribution in [0.2, 0.25) is 0 Å². The summed E-state index contributed by atoms with van der Waals surface area (Å²) in [6, 6.07) is -0.309. The van der Waals surface area contributed by atoms with Crippen LogP contribution in [-0.2, 0) is 32.0 Å². The van der Waals surface area contributed by atoms with Crippen molar-refractivity contribution in [2.24, 2.45) is 22.7 Å². The first-order valence-corrected chi connectivity index (χ1v) is 15.5. The summed E-state index contributed by atoms with van der Waals surface area (Å²) in [6.07, 6.45) is 3.96. The number of esters is 1. The quantitative estimate of drug-likeness (QED) is 0.160. The highest BCUT2D eigenvalue weighted by Crippen LogP contribution is 2.48. The number of aromatic nitrogens is 2. The second kappa shape index (κ2) is 12.5. The number of aldehydes is 1. The molecular weight excluding hydrogens is 588 g/mol. The minimum atomic E-state index is -1.25. The molecule has 1 aliphatic carbocycles. The molecule has 11 nitrogen and oxygen atoms in total. The predicted molar refractivity (Wildman–Crippen MR) is 172 cm³/mol. The van der Waals surface area contributed by atoms with Gasteiger partial charge in [0.25, 0.3) is 5.91 Å². The number of carbonyl (C=O) groups excluding carboxylic acids is 4. The van der Waals surface area contributed by atoms with Crippen molar-refractivity contribution >= 4 is 41.2 Å². The molecule has 0 saturated heterocycles. The number of methoxy groups -OCH3 is 1. The van der Waals surface area contributed by atoms with E-state index in [9.17, 15) is 29.1 Å². The van der Waals surface area contributed by atoms with Gasteiger partial charge in [-0.3, -0.25) is 29.0 Å². The molecule has 4 heterocycles. The van der Waals surface area contributed by atoms with Gasteiger partial charge in [0.2, 0.25) is 0 Å². The molecule has 1 unspecified atom stereocenters. The van der Waals surface area contributed by atoms with Crippen molar-refractivity contribution in [1.82, 2.24) is 15.3 Å². The van der Waals surface area contributed by atoms with Crippen LogP contribution in [0, 0.1) is 31.6 Å². The summed E-state index contributed by atoms with van der Waals surface area (Å²) in [5.41, 5.74) is 8.62. The van der Waals surface area contributed by atoms with Gasteiger partial charge in [0, 0.05) is 64.9 Å². The standard InChI is InChI=1S/C35H40N4O7/c1-8-19-15(3)26(14-40)36-25(19)13-24-18(6)28-32(38-24)29(30(33(28)43)35(45)46-7)31-21(10-11-27(41)42)17(5)22(37-31)12-23-16(4)20(9-2)34(44)39-23/h9,14,17,21,23,30,36,38H,2,8,10-13H2,1,3-7H3,(H,39,44)(H,41,42)/b31-29-/t17-,21-,23?,30+/m0/s1. The number of rotatable bonds is 11. The number of hydrogen-bond donors (Lipinski definition) is 4. The number of carbonyl (C=O) groups is 5. The van der Waals surface area contributed by atoms with Gasteiger partial charge in [-0.15, -0.1) is 0 Å². The molecule has 0 fully saturated rings. The lowest BCUT2D eigenvalue weighted by Crippen LogP contribution is -2.32. The number of carboxylic acids is 1. The summed E-state index contributed by atoms with van der Waals surface area (Å²) in [7, 11) is 1.23. The highest BCUT2D eigenvalue weighted by Gasteiger charge is 2.48. The van der Waals surface area contributed by atoms with Crippen LogP contribution in [0.15, 0.2) is 34.5 Å². The smallest absolute Gasteiger partial charge is 0.321 e. The number of nitrogens with one attached hydrogen (secondary N) is 3. The topological polar surface area (TPSA) is 171 Å². The Kier molecular flexibility index (Phi) is 8.88. The van der Waals surface area contributed by atoms with E-state index in [-0.39, 0.29) is 30.7 Å². The molecule has 2 aromatic rings. The van der Waals surface area contributed by atoms with Crippen LogP contribution in [0.1, 0.15) is 94.7 Å². The lowest BCUT2D eigenvalue weighted by Gasteiger charge is -2.21. The third-order valence-corrected chi connectivity index (χ3v) is 9.99. The van der Waals surface area contributed by atoms with E-state index in [1.54, 1.807) is 0 Å². The van der Waals surface area contributed by atoms with Gasteiger partial charge in [0.05, 0.1) is 30.2 Å². The Balaban J connectivity index is 1.66. The lowest BCUT2D eigenvalue weighted by atomic mass is 9.82. The largest absolute Gasteiger partial charge is 0.481 e. The third-order valence-electron chi connectivity index (χ3n) is 9.99. The van der Waals surface area contributed by atoms with Crippen molar-refractivity contribution in [1.29, 1.82) is 0 Å². The fourth-order valence-electron chi connectivity index (χ4n) is 7.36. The summed E-state index contributed by atoms with van der Waals surface area (Å²) in [6.45, 7) is 13.3. The number of aliphatic carboxylic acids is 1. The van der Waals surface area contributed by atoms with Gasteiger partial charge in [-0.2, -0.15) is 0 Å². The zero-order chi connectivity index (χ0) is 33.6. The molecular formula is C35H40N4O7. The minimum Gasteiger partial charge on any atom is -0.481 e. The molecule has 0 aromatic carbocycles. The summed E-state index contributed by atoms with van der Waals surface area (Å²) in [5, 5.41) is 12.6. The van der Waals surface area contributed by atoms with E-state index in [1.807, 2.05) is 34.6 Å². The van der Waals surface area contributed by atoms with Crippen molar-refractivity contribution in [2.45, 2.75) is 72.8 Å². The number of Topliss-reactive ketones (excluding diaryl/α,β-unsaturated/α-hetero) is 1.